The molecule has 0 bridgehead atoms. The molecular formula is C21H29FN4O6S. The normalized spacial score (nSPS) is 21.2. The molecule has 0 amide bonds. The van der Waals surface area contributed by atoms with E-state index in [-0.39, 0.29) is 19.0 Å². The van der Waals surface area contributed by atoms with Gasteiger partial charge in [0.1, 0.15) is 11.9 Å². The number of aromatic nitrogens is 2. The van der Waals surface area contributed by atoms with Crippen molar-refractivity contribution in [3.63, 3.8) is 0 Å². The highest BCUT2D eigenvalue weighted by atomic mass is 32.2. The summed E-state index contributed by atoms with van der Waals surface area (Å²) in [6, 6.07) is 1.89. The molecule has 0 unspecified atom stereocenters. The molecule has 4 rings (SSSR count). The van der Waals surface area contributed by atoms with Gasteiger partial charge in [-0.1, -0.05) is 13.0 Å². The number of hydrogen-bond acceptors (Lipinski definition) is 7. The van der Waals surface area contributed by atoms with Crippen molar-refractivity contribution in [2.75, 3.05) is 26.3 Å². The summed E-state index contributed by atoms with van der Waals surface area (Å²) in [5.41, 5.74) is 1.88. The summed E-state index contributed by atoms with van der Waals surface area (Å²) in [6.45, 7) is 6.84. The number of piperidine rings is 1. The summed E-state index contributed by atoms with van der Waals surface area (Å²) in [5, 5.41) is 5.98. The third kappa shape index (κ3) is 4.90. The zero-order valence-electron chi connectivity index (χ0n) is 18.9. The van der Waals surface area contributed by atoms with Crippen molar-refractivity contribution < 1.29 is 26.7 Å². The zero-order valence-corrected chi connectivity index (χ0v) is 19.7. The smallest absolute Gasteiger partial charge is 0.391 e. The Kier molecular flexibility index (Phi) is 6.74. The Hall–Kier alpha value is -2.12. The number of H-pyrrole nitrogens is 1. The summed E-state index contributed by atoms with van der Waals surface area (Å²) in [5.74, 6) is -2.92. The number of nitrogens with zero attached hydrogens (tertiary/aromatic N) is 2. The van der Waals surface area contributed by atoms with Crippen LogP contribution >= 0.6 is 0 Å². The van der Waals surface area contributed by atoms with Gasteiger partial charge in [0.25, 0.3) is 10.2 Å². The van der Waals surface area contributed by atoms with Gasteiger partial charge < -0.3 is 13.9 Å². The van der Waals surface area contributed by atoms with E-state index in [0.29, 0.717) is 37.2 Å². The Morgan fingerprint density at radius 2 is 1.88 bits per heavy atom. The second-order valence-electron chi connectivity index (χ2n) is 8.60. The zero-order chi connectivity index (χ0) is 23.8. The molecule has 2 aliphatic heterocycles. The molecule has 12 heteroatoms. The van der Waals surface area contributed by atoms with Gasteiger partial charge in [-0.05, 0) is 43.0 Å². The van der Waals surface area contributed by atoms with Crippen LogP contribution in [-0.2, 0) is 19.7 Å². The van der Waals surface area contributed by atoms with Crippen LogP contribution in [0.15, 0.2) is 21.3 Å². The maximum absolute atomic E-state index is 14.8. The van der Waals surface area contributed by atoms with Gasteiger partial charge in [0.2, 0.25) is 5.89 Å². The molecule has 3 heterocycles. The van der Waals surface area contributed by atoms with E-state index >= 15 is 0 Å². The van der Waals surface area contributed by atoms with Crippen LogP contribution in [0.2, 0.25) is 0 Å². The van der Waals surface area contributed by atoms with E-state index in [1.54, 1.807) is 19.9 Å². The molecule has 2 N–H and O–H groups in total. The largest absolute Gasteiger partial charge is 0.434 e. The minimum Gasteiger partial charge on any atom is -0.391 e. The monoisotopic (exact) mass is 484 g/mol. The SMILES string of the molecule is Cc1ccc(F)c([C@H](C)[C@H](NS(=O)(=O)N2CCC3(CC2)OCCCO3)c2n[nH]c(=O)o2)c1C. The quantitative estimate of drug-likeness (QED) is 0.642. The van der Waals surface area contributed by atoms with Crippen molar-refractivity contribution in [2.45, 2.75) is 57.8 Å². The summed E-state index contributed by atoms with van der Waals surface area (Å²) in [7, 11) is -4.03. The van der Waals surface area contributed by atoms with Crippen molar-refractivity contribution in [1.82, 2.24) is 19.2 Å². The number of benzene rings is 1. The van der Waals surface area contributed by atoms with Gasteiger partial charge in [-0.15, -0.1) is 5.10 Å². The van der Waals surface area contributed by atoms with E-state index in [2.05, 4.69) is 14.9 Å². The van der Waals surface area contributed by atoms with E-state index in [9.17, 15) is 17.6 Å². The Labute approximate surface area is 191 Å². The molecule has 1 aromatic carbocycles. The molecule has 0 aliphatic carbocycles. The summed E-state index contributed by atoms with van der Waals surface area (Å²) < 4.78 is 62.0. The first-order valence-corrected chi connectivity index (χ1v) is 12.4. The Morgan fingerprint density at radius 3 is 2.48 bits per heavy atom. The predicted molar refractivity (Wildman–Crippen MR) is 116 cm³/mol. The fraction of sp³-hybridized carbons (Fsp3) is 0.619. The van der Waals surface area contributed by atoms with Gasteiger partial charge in [0.05, 0.1) is 13.2 Å². The number of hydrogen-bond donors (Lipinski definition) is 2. The number of ether oxygens (including phenoxy) is 2. The standard InChI is InChI=1S/C21H29FN4O6S/c1-13-5-6-16(22)17(14(13)2)15(3)18(19-23-24-20(27)32-19)25-33(28,29)26-9-7-21(8-10-26)30-11-4-12-31-21/h5-6,15,18,25H,4,7-12H2,1-3H3,(H,24,27)/t15-,18-/m0/s1. The first-order valence-electron chi connectivity index (χ1n) is 11.0. The van der Waals surface area contributed by atoms with Gasteiger partial charge in [-0.2, -0.15) is 17.4 Å². The van der Waals surface area contributed by atoms with E-state index in [4.69, 9.17) is 13.9 Å². The molecule has 1 aromatic heterocycles. The van der Waals surface area contributed by atoms with Crippen LogP contribution in [0.25, 0.3) is 0 Å². The van der Waals surface area contributed by atoms with Crippen molar-refractivity contribution in [2.24, 2.45) is 0 Å². The molecule has 10 nitrogen and oxygen atoms in total. The van der Waals surface area contributed by atoms with Crippen LogP contribution in [0.3, 0.4) is 0 Å². The van der Waals surface area contributed by atoms with Gasteiger partial charge >= 0.3 is 5.76 Å². The predicted octanol–water partition coefficient (Wildman–Crippen LogP) is 2.03. The molecule has 1 spiro atoms. The molecular weight excluding hydrogens is 455 g/mol. The topological polar surface area (TPSA) is 127 Å². The number of rotatable bonds is 6. The minimum absolute atomic E-state index is 0.163. The van der Waals surface area contributed by atoms with E-state index < -0.39 is 39.5 Å². The molecule has 0 saturated carbocycles. The third-order valence-electron chi connectivity index (χ3n) is 6.53. The van der Waals surface area contributed by atoms with Gasteiger partial charge in [-0.3, -0.25) is 0 Å². The van der Waals surface area contributed by atoms with Crippen LogP contribution in [0, 0.1) is 19.7 Å². The highest BCUT2D eigenvalue weighted by Gasteiger charge is 2.42. The minimum atomic E-state index is -4.03. The maximum atomic E-state index is 14.8. The summed E-state index contributed by atoms with van der Waals surface area (Å²) >= 11 is 0. The second kappa shape index (κ2) is 9.26. The number of nitrogens with one attached hydrogen (secondary N) is 2. The highest BCUT2D eigenvalue weighted by Crippen LogP contribution is 2.36. The third-order valence-corrected chi connectivity index (χ3v) is 8.12. The van der Waals surface area contributed by atoms with Gasteiger partial charge in [0.15, 0.2) is 5.79 Å². The number of aryl methyl sites for hydroxylation is 1. The van der Waals surface area contributed by atoms with Crippen molar-refractivity contribution in [3.05, 3.63) is 51.1 Å². The van der Waals surface area contributed by atoms with Crippen LogP contribution in [-0.4, -0.2) is 55.0 Å². The molecule has 2 atom stereocenters. The molecule has 2 aliphatic rings. The van der Waals surface area contributed by atoms with Crippen LogP contribution in [0.4, 0.5) is 4.39 Å². The van der Waals surface area contributed by atoms with E-state index in [1.807, 2.05) is 6.92 Å². The lowest BCUT2D eigenvalue weighted by molar-refractivity contribution is -0.280. The molecule has 2 aromatic rings. The van der Waals surface area contributed by atoms with Gasteiger partial charge in [0, 0.05) is 31.8 Å². The lowest BCUT2D eigenvalue weighted by Gasteiger charge is -2.43. The highest BCUT2D eigenvalue weighted by molar-refractivity contribution is 7.87. The number of halogens is 1. The second-order valence-corrected chi connectivity index (χ2v) is 10.3. The first kappa shape index (κ1) is 24.0. The summed E-state index contributed by atoms with van der Waals surface area (Å²) in [4.78, 5) is 11.6. The molecule has 2 fully saturated rings. The van der Waals surface area contributed by atoms with Crippen molar-refractivity contribution in [3.8, 4) is 0 Å². The molecule has 0 radical (unpaired) electrons. The Morgan fingerprint density at radius 1 is 1.21 bits per heavy atom. The Bertz CT molecular complexity index is 1150. The van der Waals surface area contributed by atoms with Gasteiger partial charge in [-0.25, -0.2) is 14.3 Å². The molecule has 33 heavy (non-hydrogen) atoms. The Balaban J connectivity index is 1.60. The summed E-state index contributed by atoms with van der Waals surface area (Å²) in [6.07, 6.45) is 1.61. The molecule has 2 saturated heterocycles. The fourth-order valence-electron chi connectivity index (χ4n) is 4.48. The first-order chi connectivity index (χ1) is 15.6. The van der Waals surface area contributed by atoms with E-state index in [0.717, 1.165) is 12.0 Å². The molecule has 182 valence electrons. The fourth-order valence-corrected chi connectivity index (χ4v) is 5.92. The number of aromatic amines is 1. The average Bonchev–Trinajstić information content (AvgIpc) is 3.22. The lowest BCUT2D eigenvalue weighted by Crippen LogP contribution is -2.54. The average molecular weight is 485 g/mol. The maximum Gasteiger partial charge on any atom is 0.434 e. The lowest BCUT2D eigenvalue weighted by atomic mass is 9.88. The van der Waals surface area contributed by atoms with Crippen molar-refractivity contribution >= 4 is 10.2 Å². The van der Waals surface area contributed by atoms with E-state index in [1.165, 1.54) is 10.4 Å². The van der Waals surface area contributed by atoms with Crippen LogP contribution in [0.1, 0.15) is 60.7 Å². The van der Waals surface area contributed by atoms with Crippen LogP contribution in [0.5, 0.6) is 0 Å². The van der Waals surface area contributed by atoms with Crippen LogP contribution < -0.4 is 10.5 Å². The van der Waals surface area contributed by atoms with Crippen molar-refractivity contribution in [1.29, 1.82) is 0 Å².